The quantitative estimate of drug-likeness (QED) is 0.384. The standard InChI is InChI=1S/C22H17Cl2F2N3O2/c23-19-9-16(28-27)10-20(24)21(19)31-17-1-2-18-13(7-17)3-4-29(22(18)30)11-12-5-14(25)8-15(26)6-12/h1-2,5-10,28H,3-4,11,27H2. The Labute approximate surface area is 187 Å². The number of nitrogens with two attached hydrogens (primary N) is 1. The summed E-state index contributed by atoms with van der Waals surface area (Å²) in [5.74, 6) is 4.57. The summed E-state index contributed by atoms with van der Waals surface area (Å²) >= 11 is 12.5. The highest BCUT2D eigenvalue weighted by atomic mass is 35.5. The molecule has 0 radical (unpaired) electrons. The Morgan fingerprint density at radius 1 is 1.03 bits per heavy atom. The van der Waals surface area contributed by atoms with Gasteiger partial charge in [0.1, 0.15) is 17.4 Å². The van der Waals surface area contributed by atoms with E-state index in [1.54, 1.807) is 35.2 Å². The molecule has 0 bridgehead atoms. The van der Waals surface area contributed by atoms with E-state index in [1.165, 1.54) is 12.1 Å². The molecule has 31 heavy (non-hydrogen) atoms. The maximum absolute atomic E-state index is 13.5. The van der Waals surface area contributed by atoms with Gasteiger partial charge in [0, 0.05) is 24.7 Å². The molecule has 9 heteroatoms. The second kappa shape index (κ2) is 8.70. The van der Waals surface area contributed by atoms with Crippen LogP contribution < -0.4 is 16.0 Å². The molecule has 1 amide bonds. The van der Waals surface area contributed by atoms with Gasteiger partial charge < -0.3 is 15.1 Å². The number of halogens is 4. The molecule has 160 valence electrons. The second-order valence-corrected chi connectivity index (χ2v) is 7.90. The van der Waals surface area contributed by atoms with Crippen molar-refractivity contribution >= 4 is 34.8 Å². The molecule has 0 fully saturated rings. The summed E-state index contributed by atoms with van der Waals surface area (Å²) in [5.41, 5.74) is 4.71. The van der Waals surface area contributed by atoms with Gasteiger partial charge in [0.15, 0.2) is 5.75 Å². The minimum atomic E-state index is -0.672. The molecule has 0 aromatic heterocycles. The third kappa shape index (κ3) is 4.58. The number of carbonyl (C=O) groups excluding carboxylic acids is 1. The monoisotopic (exact) mass is 463 g/mol. The number of amides is 1. The fourth-order valence-corrected chi connectivity index (χ4v) is 4.07. The van der Waals surface area contributed by atoms with Crippen LogP contribution in [0.5, 0.6) is 11.5 Å². The summed E-state index contributed by atoms with van der Waals surface area (Å²) in [6, 6.07) is 11.5. The lowest BCUT2D eigenvalue weighted by Crippen LogP contribution is -2.37. The Hall–Kier alpha value is -2.87. The zero-order chi connectivity index (χ0) is 22.1. The van der Waals surface area contributed by atoms with Gasteiger partial charge in [-0.3, -0.25) is 10.6 Å². The number of hydrogen-bond donors (Lipinski definition) is 2. The first kappa shape index (κ1) is 21.4. The Bertz CT molecular complexity index is 1130. The molecule has 5 nitrogen and oxygen atoms in total. The van der Waals surface area contributed by atoms with E-state index in [2.05, 4.69) is 5.43 Å². The molecule has 0 saturated carbocycles. The van der Waals surface area contributed by atoms with E-state index in [9.17, 15) is 13.6 Å². The molecule has 0 saturated heterocycles. The summed E-state index contributed by atoms with van der Waals surface area (Å²) in [7, 11) is 0. The van der Waals surface area contributed by atoms with Gasteiger partial charge >= 0.3 is 0 Å². The van der Waals surface area contributed by atoms with Gasteiger partial charge in [0.05, 0.1) is 15.7 Å². The number of carbonyl (C=O) groups is 1. The number of hydrogen-bond acceptors (Lipinski definition) is 4. The van der Waals surface area contributed by atoms with Crippen LogP contribution in [0, 0.1) is 11.6 Å². The van der Waals surface area contributed by atoms with Crippen LogP contribution in [0.4, 0.5) is 14.5 Å². The number of nitrogen functional groups attached to an aromatic ring is 1. The van der Waals surface area contributed by atoms with Crippen LogP contribution in [0.2, 0.25) is 10.0 Å². The van der Waals surface area contributed by atoms with Crippen molar-refractivity contribution < 1.29 is 18.3 Å². The van der Waals surface area contributed by atoms with Crippen molar-refractivity contribution in [1.29, 1.82) is 0 Å². The van der Waals surface area contributed by atoms with Crippen molar-refractivity contribution in [1.82, 2.24) is 4.90 Å². The van der Waals surface area contributed by atoms with Crippen molar-refractivity contribution in [3.05, 3.63) is 86.9 Å². The first-order valence-corrected chi connectivity index (χ1v) is 10.1. The van der Waals surface area contributed by atoms with Crippen molar-refractivity contribution in [2.75, 3.05) is 12.0 Å². The van der Waals surface area contributed by atoms with Crippen LogP contribution in [0.25, 0.3) is 0 Å². The number of benzene rings is 3. The molecule has 3 aromatic carbocycles. The maximum atomic E-state index is 13.5. The predicted molar refractivity (Wildman–Crippen MR) is 116 cm³/mol. The van der Waals surface area contributed by atoms with Gasteiger partial charge in [-0.1, -0.05) is 23.2 Å². The number of rotatable bonds is 5. The summed E-state index contributed by atoms with van der Waals surface area (Å²) in [5, 5.41) is 0.561. The Morgan fingerprint density at radius 2 is 1.71 bits per heavy atom. The Balaban J connectivity index is 1.54. The van der Waals surface area contributed by atoms with Gasteiger partial charge in [-0.05, 0) is 60.0 Å². The minimum absolute atomic E-state index is 0.123. The largest absolute Gasteiger partial charge is 0.454 e. The zero-order valence-corrected chi connectivity index (χ0v) is 17.6. The molecule has 1 aliphatic heterocycles. The lowest BCUT2D eigenvalue weighted by molar-refractivity contribution is 0.0726. The molecule has 3 aromatic rings. The lowest BCUT2D eigenvalue weighted by Gasteiger charge is -2.29. The summed E-state index contributed by atoms with van der Waals surface area (Å²) in [4.78, 5) is 14.4. The third-order valence-corrected chi connectivity index (χ3v) is 5.49. The van der Waals surface area contributed by atoms with Crippen LogP contribution in [-0.4, -0.2) is 17.4 Å². The summed E-state index contributed by atoms with van der Waals surface area (Å²) < 4.78 is 32.8. The molecule has 1 heterocycles. The molecule has 0 unspecified atom stereocenters. The molecule has 0 aliphatic carbocycles. The van der Waals surface area contributed by atoms with Gasteiger partial charge in [0.25, 0.3) is 5.91 Å². The molecule has 1 aliphatic rings. The van der Waals surface area contributed by atoms with E-state index in [0.717, 1.165) is 11.6 Å². The molecular formula is C22H17Cl2F2N3O2. The number of nitrogens with one attached hydrogen (secondary N) is 1. The van der Waals surface area contributed by atoms with Crippen LogP contribution in [-0.2, 0) is 13.0 Å². The molecular weight excluding hydrogens is 447 g/mol. The fraction of sp³-hybridized carbons (Fsp3) is 0.136. The lowest BCUT2D eigenvalue weighted by atomic mass is 9.98. The number of hydrazine groups is 1. The van der Waals surface area contributed by atoms with Crippen molar-refractivity contribution in [3.63, 3.8) is 0 Å². The number of nitrogens with zero attached hydrogens (tertiary/aromatic N) is 1. The van der Waals surface area contributed by atoms with Crippen molar-refractivity contribution in [2.45, 2.75) is 13.0 Å². The Kier molecular flexibility index (Phi) is 6.00. The SMILES string of the molecule is NNc1cc(Cl)c(Oc2ccc3c(c2)CCN(Cc2cc(F)cc(F)c2)C3=O)c(Cl)c1. The van der Waals surface area contributed by atoms with Gasteiger partial charge in [-0.25, -0.2) is 8.78 Å². The van der Waals surface area contributed by atoms with E-state index in [1.807, 2.05) is 0 Å². The average molecular weight is 464 g/mol. The van der Waals surface area contributed by atoms with E-state index in [4.69, 9.17) is 33.8 Å². The first-order chi connectivity index (χ1) is 14.8. The minimum Gasteiger partial charge on any atom is -0.454 e. The third-order valence-electron chi connectivity index (χ3n) is 4.93. The zero-order valence-electron chi connectivity index (χ0n) is 16.1. The smallest absolute Gasteiger partial charge is 0.254 e. The first-order valence-electron chi connectivity index (χ1n) is 9.34. The highest BCUT2D eigenvalue weighted by Crippen LogP contribution is 2.39. The molecule has 4 rings (SSSR count). The van der Waals surface area contributed by atoms with Crippen molar-refractivity contribution in [2.24, 2.45) is 5.84 Å². The highest BCUT2D eigenvalue weighted by Gasteiger charge is 2.25. The topological polar surface area (TPSA) is 67.6 Å². The summed E-state index contributed by atoms with van der Waals surface area (Å²) in [6.07, 6.45) is 0.563. The molecule has 0 spiro atoms. The van der Waals surface area contributed by atoms with Crippen LogP contribution in [0.3, 0.4) is 0 Å². The predicted octanol–water partition coefficient (Wildman–Crippen LogP) is 5.55. The fourth-order valence-electron chi connectivity index (χ4n) is 3.51. The van der Waals surface area contributed by atoms with Gasteiger partial charge in [0.2, 0.25) is 0 Å². The molecule has 0 atom stereocenters. The molecule has 3 N–H and O–H groups in total. The van der Waals surface area contributed by atoms with Crippen LogP contribution in [0.1, 0.15) is 21.5 Å². The van der Waals surface area contributed by atoms with Crippen molar-refractivity contribution in [3.8, 4) is 11.5 Å². The van der Waals surface area contributed by atoms with Gasteiger partial charge in [-0.15, -0.1) is 0 Å². The van der Waals surface area contributed by atoms with E-state index in [0.29, 0.717) is 35.5 Å². The normalized spacial score (nSPS) is 13.2. The van der Waals surface area contributed by atoms with Crippen LogP contribution >= 0.6 is 23.2 Å². The number of anilines is 1. The number of ether oxygens (including phenoxy) is 1. The summed E-state index contributed by atoms with van der Waals surface area (Å²) in [6.45, 7) is 0.531. The number of fused-ring (bicyclic) bond motifs is 1. The maximum Gasteiger partial charge on any atom is 0.254 e. The van der Waals surface area contributed by atoms with E-state index >= 15 is 0 Å². The van der Waals surface area contributed by atoms with Gasteiger partial charge in [-0.2, -0.15) is 0 Å². The highest BCUT2D eigenvalue weighted by molar-refractivity contribution is 6.37. The van der Waals surface area contributed by atoms with Crippen LogP contribution in [0.15, 0.2) is 48.5 Å². The Morgan fingerprint density at radius 3 is 2.35 bits per heavy atom. The second-order valence-electron chi connectivity index (χ2n) is 7.09. The average Bonchev–Trinajstić information content (AvgIpc) is 2.72. The van der Waals surface area contributed by atoms with E-state index < -0.39 is 11.6 Å². The van der Waals surface area contributed by atoms with E-state index in [-0.39, 0.29) is 28.2 Å².